The zero-order chi connectivity index (χ0) is 22.1. The molecule has 32 heavy (non-hydrogen) atoms. The van der Waals surface area contributed by atoms with Gasteiger partial charge in [0.05, 0.1) is 6.54 Å². The molecule has 0 spiro atoms. The number of anilines is 2. The molecule has 1 fully saturated rings. The summed E-state index contributed by atoms with van der Waals surface area (Å²) in [4.78, 5) is 14.2. The molecule has 7 nitrogen and oxygen atoms in total. The summed E-state index contributed by atoms with van der Waals surface area (Å²) in [6.07, 6.45) is -1.41. The lowest BCUT2D eigenvalue weighted by molar-refractivity contribution is -0.141. The SMILES string of the molecule is CCNC(=NCCNc1nccc(C(F)(F)F)n1)NC1CCN(c2ccccc2)CC1.I. The molecule has 11 heteroatoms. The average molecular weight is 563 g/mol. The van der Waals surface area contributed by atoms with Crippen LogP contribution in [-0.4, -0.2) is 54.7 Å². The minimum absolute atomic E-state index is 0. The van der Waals surface area contributed by atoms with Gasteiger partial charge in [-0.15, -0.1) is 24.0 Å². The molecular weight excluding hydrogens is 534 g/mol. The van der Waals surface area contributed by atoms with Crippen LogP contribution in [0.3, 0.4) is 0 Å². The van der Waals surface area contributed by atoms with Crippen LogP contribution in [0.5, 0.6) is 0 Å². The Kier molecular flexibility index (Phi) is 10.3. The second-order valence-electron chi connectivity index (χ2n) is 7.19. The summed E-state index contributed by atoms with van der Waals surface area (Å²) >= 11 is 0. The molecule has 0 radical (unpaired) electrons. The lowest BCUT2D eigenvalue weighted by Crippen LogP contribution is -2.48. The summed E-state index contributed by atoms with van der Waals surface area (Å²) in [6, 6.07) is 11.5. The van der Waals surface area contributed by atoms with Gasteiger partial charge in [-0.05, 0) is 38.0 Å². The first-order chi connectivity index (χ1) is 15.0. The molecule has 0 atom stereocenters. The third-order valence-corrected chi connectivity index (χ3v) is 4.91. The Hall–Kier alpha value is -2.31. The van der Waals surface area contributed by atoms with Gasteiger partial charge < -0.3 is 20.9 Å². The van der Waals surface area contributed by atoms with E-state index in [0.29, 0.717) is 25.1 Å². The quantitative estimate of drug-likeness (QED) is 0.206. The highest BCUT2D eigenvalue weighted by Crippen LogP contribution is 2.27. The van der Waals surface area contributed by atoms with E-state index in [1.165, 1.54) is 5.69 Å². The molecule has 0 amide bonds. The van der Waals surface area contributed by atoms with Crippen LogP contribution in [-0.2, 0) is 6.18 Å². The van der Waals surface area contributed by atoms with Gasteiger partial charge >= 0.3 is 6.18 Å². The van der Waals surface area contributed by atoms with Gasteiger partial charge in [0.1, 0.15) is 5.69 Å². The molecule has 1 aliphatic rings. The average Bonchev–Trinajstić information content (AvgIpc) is 2.77. The van der Waals surface area contributed by atoms with Gasteiger partial charge in [-0.3, -0.25) is 4.99 Å². The molecule has 2 aromatic rings. The molecule has 0 aliphatic carbocycles. The van der Waals surface area contributed by atoms with Crippen molar-refractivity contribution in [1.29, 1.82) is 0 Å². The van der Waals surface area contributed by atoms with Crippen LogP contribution >= 0.6 is 24.0 Å². The van der Waals surface area contributed by atoms with E-state index < -0.39 is 11.9 Å². The topological polar surface area (TPSA) is 77.5 Å². The van der Waals surface area contributed by atoms with Gasteiger partial charge in [0.2, 0.25) is 5.95 Å². The summed E-state index contributed by atoms with van der Waals surface area (Å²) in [6.45, 7) is 5.34. The van der Waals surface area contributed by atoms with E-state index in [2.05, 4.69) is 47.9 Å². The maximum absolute atomic E-state index is 12.7. The Morgan fingerprint density at radius 2 is 1.88 bits per heavy atom. The van der Waals surface area contributed by atoms with Crippen LogP contribution in [0.4, 0.5) is 24.8 Å². The molecule has 3 N–H and O–H groups in total. The van der Waals surface area contributed by atoms with Gasteiger partial charge in [-0.2, -0.15) is 13.2 Å². The number of halogens is 4. The first kappa shape index (κ1) is 25.9. The third-order valence-electron chi connectivity index (χ3n) is 4.91. The van der Waals surface area contributed by atoms with E-state index in [1.807, 2.05) is 25.1 Å². The van der Waals surface area contributed by atoms with Gasteiger partial charge in [0.25, 0.3) is 0 Å². The molecule has 1 saturated heterocycles. The summed E-state index contributed by atoms with van der Waals surface area (Å²) in [5.41, 5.74) is 0.273. The summed E-state index contributed by atoms with van der Waals surface area (Å²) < 4.78 is 38.2. The predicted molar refractivity (Wildman–Crippen MR) is 132 cm³/mol. The van der Waals surface area contributed by atoms with Crippen molar-refractivity contribution in [2.24, 2.45) is 4.99 Å². The largest absolute Gasteiger partial charge is 0.433 e. The highest BCUT2D eigenvalue weighted by atomic mass is 127. The fraction of sp³-hybridized carbons (Fsp3) is 0.476. The number of rotatable bonds is 7. The highest BCUT2D eigenvalue weighted by Gasteiger charge is 2.32. The molecular formula is C21H29F3IN7. The van der Waals surface area contributed by atoms with E-state index in [9.17, 15) is 13.2 Å². The predicted octanol–water partition coefficient (Wildman–Crippen LogP) is 3.75. The minimum atomic E-state index is -4.49. The summed E-state index contributed by atoms with van der Waals surface area (Å²) in [5, 5.41) is 9.47. The molecule has 2 heterocycles. The number of alkyl halides is 3. The summed E-state index contributed by atoms with van der Waals surface area (Å²) in [7, 11) is 0. The fourth-order valence-electron chi connectivity index (χ4n) is 3.37. The van der Waals surface area contributed by atoms with E-state index >= 15 is 0 Å². The van der Waals surface area contributed by atoms with Crippen molar-refractivity contribution in [2.75, 3.05) is 42.9 Å². The van der Waals surface area contributed by atoms with Gasteiger partial charge in [0, 0.05) is 44.1 Å². The normalized spacial score (nSPS) is 15.1. The molecule has 1 aromatic heterocycles. The number of aliphatic imine (C=N–C) groups is 1. The molecule has 1 aromatic carbocycles. The first-order valence-electron chi connectivity index (χ1n) is 10.4. The van der Waals surface area contributed by atoms with Gasteiger partial charge in [-0.1, -0.05) is 18.2 Å². The fourth-order valence-corrected chi connectivity index (χ4v) is 3.37. The van der Waals surface area contributed by atoms with Crippen LogP contribution < -0.4 is 20.9 Å². The van der Waals surface area contributed by atoms with E-state index in [4.69, 9.17) is 0 Å². The third kappa shape index (κ3) is 7.99. The van der Waals surface area contributed by atoms with Gasteiger partial charge in [-0.25, -0.2) is 9.97 Å². The number of piperidine rings is 1. The smallest absolute Gasteiger partial charge is 0.371 e. The second kappa shape index (κ2) is 12.7. The van der Waals surface area contributed by atoms with Crippen LogP contribution in [0.1, 0.15) is 25.5 Å². The van der Waals surface area contributed by atoms with Crippen molar-refractivity contribution in [2.45, 2.75) is 32.0 Å². The van der Waals surface area contributed by atoms with E-state index in [0.717, 1.165) is 44.7 Å². The van der Waals surface area contributed by atoms with Crippen molar-refractivity contribution < 1.29 is 13.2 Å². The summed E-state index contributed by atoms with van der Waals surface area (Å²) in [5.74, 6) is 0.642. The van der Waals surface area contributed by atoms with E-state index in [-0.39, 0.29) is 29.9 Å². The number of hydrogen-bond donors (Lipinski definition) is 3. The molecule has 0 bridgehead atoms. The van der Waals surface area contributed by atoms with Crippen LogP contribution in [0.2, 0.25) is 0 Å². The number of hydrogen-bond acceptors (Lipinski definition) is 5. The minimum Gasteiger partial charge on any atom is -0.371 e. The first-order valence-corrected chi connectivity index (χ1v) is 10.4. The molecule has 3 rings (SSSR count). The highest BCUT2D eigenvalue weighted by molar-refractivity contribution is 14.0. The molecule has 176 valence electrons. The van der Waals surface area contributed by atoms with E-state index in [1.54, 1.807) is 0 Å². The number of guanidine groups is 1. The van der Waals surface area contributed by atoms with Crippen molar-refractivity contribution in [3.05, 3.63) is 48.3 Å². The van der Waals surface area contributed by atoms with Crippen molar-refractivity contribution in [3.63, 3.8) is 0 Å². The van der Waals surface area contributed by atoms with Crippen LogP contribution in [0.25, 0.3) is 0 Å². The van der Waals surface area contributed by atoms with Gasteiger partial charge in [0.15, 0.2) is 5.96 Å². The maximum Gasteiger partial charge on any atom is 0.433 e. The monoisotopic (exact) mass is 563 g/mol. The second-order valence-corrected chi connectivity index (χ2v) is 7.19. The zero-order valence-electron chi connectivity index (χ0n) is 17.9. The number of aromatic nitrogens is 2. The Morgan fingerprint density at radius 1 is 1.16 bits per heavy atom. The lowest BCUT2D eigenvalue weighted by Gasteiger charge is -2.34. The lowest BCUT2D eigenvalue weighted by atomic mass is 10.0. The Labute approximate surface area is 203 Å². The Bertz CT molecular complexity index is 841. The Morgan fingerprint density at radius 3 is 2.53 bits per heavy atom. The van der Waals surface area contributed by atoms with Crippen LogP contribution in [0.15, 0.2) is 47.6 Å². The Balaban J connectivity index is 0.00000363. The number of para-hydroxylation sites is 1. The standard InChI is InChI=1S/C21H28F3N7.HI/c1-2-25-19(27-12-13-28-20-26-11-8-18(30-20)21(22,23)24)29-16-9-14-31(15-10-16)17-6-4-3-5-7-17;/h3-8,11,16H,2,9-10,12-15H2,1H3,(H2,25,27,29)(H,26,28,30);1H. The van der Waals surface area contributed by atoms with Crippen molar-refractivity contribution >= 4 is 41.6 Å². The van der Waals surface area contributed by atoms with Crippen molar-refractivity contribution in [3.8, 4) is 0 Å². The maximum atomic E-state index is 12.7. The molecule has 1 aliphatic heterocycles. The number of nitrogens with zero attached hydrogens (tertiary/aromatic N) is 4. The van der Waals surface area contributed by atoms with Crippen molar-refractivity contribution in [1.82, 2.24) is 20.6 Å². The number of benzene rings is 1. The van der Waals surface area contributed by atoms with Crippen LogP contribution in [0, 0.1) is 0 Å². The zero-order valence-corrected chi connectivity index (χ0v) is 20.2. The molecule has 0 unspecified atom stereocenters. The molecule has 0 saturated carbocycles. The number of nitrogens with one attached hydrogen (secondary N) is 3.